The Morgan fingerprint density at radius 1 is 0.824 bits per heavy atom. The van der Waals surface area contributed by atoms with Crippen molar-refractivity contribution in [1.82, 2.24) is 5.32 Å². The Hall–Kier alpha value is -3.35. The van der Waals surface area contributed by atoms with Gasteiger partial charge in [-0.15, -0.1) is 0 Å². The fourth-order valence-electron chi connectivity index (χ4n) is 3.24. The first-order valence-electron chi connectivity index (χ1n) is 11.9. The van der Waals surface area contributed by atoms with E-state index in [4.69, 9.17) is 14.2 Å². The van der Waals surface area contributed by atoms with E-state index in [1.807, 2.05) is 42.5 Å². The molecule has 0 saturated heterocycles. The van der Waals surface area contributed by atoms with Crippen LogP contribution < -0.4 is 10.1 Å². The molecule has 1 N–H and O–H groups in total. The number of hydrogen-bond donors (Lipinski definition) is 1. The largest absolute Gasteiger partial charge is 0.462 e. The molecule has 0 fully saturated rings. The second-order valence-electron chi connectivity index (χ2n) is 8.19. The number of fused-ring (bicyclic) bond motifs is 1. The van der Waals surface area contributed by atoms with E-state index in [1.165, 1.54) is 0 Å². The van der Waals surface area contributed by atoms with Gasteiger partial charge in [-0.25, -0.2) is 9.59 Å². The number of ether oxygens (including phenoxy) is 3. The van der Waals surface area contributed by atoms with E-state index in [1.54, 1.807) is 6.92 Å². The number of alkyl carbamates (subject to hydrolysis) is 1. The molecule has 2 rings (SSSR count). The molecule has 2 aromatic rings. The van der Waals surface area contributed by atoms with Crippen LogP contribution in [-0.4, -0.2) is 37.8 Å². The molecule has 2 aromatic carbocycles. The summed E-state index contributed by atoms with van der Waals surface area (Å²) in [6.07, 6.45) is 5.74. The number of nitrogens with one attached hydrogen (secondary N) is 1. The van der Waals surface area contributed by atoms with Gasteiger partial charge in [0.05, 0.1) is 13.2 Å². The standard InChI is InChI=1S/C27H35NO6/c1-21(2)26(30)32-18-10-11-19-33-27(31)28-17-9-5-3-4-6-14-25(29)34-24-16-15-22-12-7-8-13-23(22)20-24/h7-8,12-13,15-16,20H,1,3-6,9-11,14,17-19H2,2H3,(H,28,31). The van der Waals surface area contributed by atoms with Crippen LogP contribution in [0.3, 0.4) is 0 Å². The van der Waals surface area contributed by atoms with E-state index in [2.05, 4.69) is 11.9 Å². The van der Waals surface area contributed by atoms with Crippen LogP contribution in [0.5, 0.6) is 5.75 Å². The Labute approximate surface area is 201 Å². The van der Waals surface area contributed by atoms with Gasteiger partial charge in [0.1, 0.15) is 5.75 Å². The maximum atomic E-state index is 12.1. The number of rotatable bonds is 15. The summed E-state index contributed by atoms with van der Waals surface area (Å²) in [5.74, 6) is -0.0406. The van der Waals surface area contributed by atoms with Crippen molar-refractivity contribution in [2.45, 2.75) is 58.3 Å². The van der Waals surface area contributed by atoms with Crippen LogP contribution in [-0.2, 0) is 19.1 Å². The monoisotopic (exact) mass is 469 g/mol. The van der Waals surface area contributed by atoms with Gasteiger partial charge in [-0.2, -0.15) is 0 Å². The second kappa shape index (κ2) is 15.5. The number of unbranched alkanes of at least 4 members (excludes halogenated alkanes) is 5. The lowest BCUT2D eigenvalue weighted by Gasteiger charge is -2.08. The van der Waals surface area contributed by atoms with E-state index >= 15 is 0 Å². The molecule has 0 aromatic heterocycles. The maximum Gasteiger partial charge on any atom is 0.407 e. The molecule has 34 heavy (non-hydrogen) atoms. The first-order chi connectivity index (χ1) is 16.5. The summed E-state index contributed by atoms with van der Waals surface area (Å²) in [6.45, 7) is 6.23. The summed E-state index contributed by atoms with van der Waals surface area (Å²) < 4.78 is 15.5. The smallest absolute Gasteiger partial charge is 0.407 e. The lowest BCUT2D eigenvalue weighted by atomic mass is 10.1. The minimum absolute atomic E-state index is 0.214. The highest BCUT2D eigenvalue weighted by molar-refractivity contribution is 5.87. The summed E-state index contributed by atoms with van der Waals surface area (Å²) in [4.78, 5) is 34.9. The van der Waals surface area contributed by atoms with Crippen LogP contribution in [0.1, 0.15) is 58.3 Å². The molecule has 7 heteroatoms. The third-order valence-electron chi connectivity index (χ3n) is 5.13. The molecule has 0 atom stereocenters. The van der Waals surface area contributed by atoms with Crippen molar-refractivity contribution >= 4 is 28.8 Å². The van der Waals surface area contributed by atoms with Crippen LogP contribution >= 0.6 is 0 Å². The Balaban J connectivity index is 1.41. The number of carbonyl (C=O) groups excluding carboxylic acids is 3. The zero-order valence-electron chi connectivity index (χ0n) is 20.0. The number of benzene rings is 2. The van der Waals surface area contributed by atoms with Crippen molar-refractivity contribution in [2.75, 3.05) is 19.8 Å². The Bertz CT molecular complexity index is 955. The molecule has 7 nitrogen and oxygen atoms in total. The summed E-state index contributed by atoms with van der Waals surface area (Å²) in [7, 11) is 0. The maximum absolute atomic E-state index is 12.1. The van der Waals surface area contributed by atoms with Crippen molar-refractivity contribution in [2.24, 2.45) is 0 Å². The molecule has 0 aliphatic carbocycles. The summed E-state index contributed by atoms with van der Waals surface area (Å²) in [6, 6.07) is 13.6. The number of amides is 1. The number of carbonyl (C=O) groups is 3. The van der Waals surface area contributed by atoms with Crippen molar-refractivity contribution in [3.8, 4) is 5.75 Å². The van der Waals surface area contributed by atoms with Gasteiger partial charge in [-0.3, -0.25) is 4.79 Å². The highest BCUT2D eigenvalue weighted by atomic mass is 16.6. The van der Waals surface area contributed by atoms with Crippen LogP contribution in [0, 0.1) is 0 Å². The van der Waals surface area contributed by atoms with E-state index in [-0.39, 0.29) is 19.2 Å². The Kier molecular flexibility index (Phi) is 12.2. The Morgan fingerprint density at radius 2 is 1.50 bits per heavy atom. The quantitative estimate of drug-likeness (QED) is 0.155. The first kappa shape index (κ1) is 26.9. The lowest BCUT2D eigenvalue weighted by molar-refractivity contribution is -0.139. The molecule has 0 aliphatic rings. The predicted molar refractivity (Wildman–Crippen MR) is 132 cm³/mol. The van der Waals surface area contributed by atoms with Crippen molar-refractivity contribution in [3.63, 3.8) is 0 Å². The minimum Gasteiger partial charge on any atom is -0.462 e. The molecule has 0 radical (unpaired) electrons. The minimum atomic E-state index is -0.435. The lowest BCUT2D eigenvalue weighted by Crippen LogP contribution is -2.25. The highest BCUT2D eigenvalue weighted by Crippen LogP contribution is 2.21. The molecule has 0 saturated carbocycles. The molecule has 0 spiro atoms. The van der Waals surface area contributed by atoms with E-state index in [0.717, 1.165) is 42.9 Å². The molecule has 1 amide bonds. The number of hydrogen-bond acceptors (Lipinski definition) is 6. The topological polar surface area (TPSA) is 90.9 Å². The van der Waals surface area contributed by atoms with Crippen molar-refractivity contribution < 1.29 is 28.6 Å². The normalized spacial score (nSPS) is 10.5. The van der Waals surface area contributed by atoms with E-state index < -0.39 is 12.1 Å². The second-order valence-corrected chi connectivity index (χ2v) is 8.19. The van der Waals surface area contributed by atoms with Gasteiger partial charge in [0.25, 0.3) is 0 Å². The SMILES string of the molecule is C=C(C)C(=O)OCCCCOC(=O)NCCCCCCCC(=O)Oc1ccc2ccccc2c1. The average Bonchev–Trinajstić information content (AvgIpc) is 2.82. The fourth-order valence-corrected chi connectivity index (χ4v) is 3.24. The van der Waals surface area contributed by atoms with Crippen molar-refractivity contribution in [1.29, 1.82) is 0 Å². The summed E-state index contributed by atoms with van der Waals surface area (Å²) >= 11 is 0. The van der Waals surface area contributed by atoms with Crippen LogP contribution in [0.2, 0.25) is 0 Å². The van der Waals surface area contributed by atoms with Gasteiger partial charge in [0.2, 0.25) is 0 Å². The average molecular weight is 470 g/mol. The third-order valence-corrected chi connectivity index (χ3v) is 5.13. The van der Waals surface area contributed by atoms with Crippen molar-refractivity contribution in [3.05, 3.63) is 54.6 Å². The molecule has 0 heterocycles. The van der Waals surface area contributed by atoms with E-state index in [9.17, 15) is 14.4 Å². The third kappa shape index (κ3) is 11.0. The van der Waals surface area contributed by atoms with Crippen LogP contribution in [0.15, 0.2) is 54.6 Å². The van der Waals surface area contributed by atoms with Gasteiger partial charge < -0.3 is 19.5 Å². The molecule has 184 valence electrons. The van der Waals surface area contributed by atoms with E-state index in [0.29, 0.717) is 37.1 Å². The summed E-state index contributed by atoms with van der Waals surface area (Å²) in [5.41, 5.74) is 0.370. The zero-order chi connectivity index (χ0) is 24.6. The van der Waals surface area contributed by atoms with Crippen LogP contribution in [0.25, 0.3) is 10.8 Å². The molecular formula is C27H35NO6. The summed E-state index contributed by atoms with van der Waals surface area (Å²) in [5, 5.41) is 4.89. The van der Waals surface area contributed by atoms with Crippen LogP contribution in [0.4, 0.5) is 4.79 Å². The number of esters is 2. The zero-order valence-corrected chi connectivity index (χ0v) is 20.0. The molecular weight excluding hydrogens is 434 g/mol. The highest BCUT2D eigenvalue weighted by Gasteiger charge is 2.06. The van der Waals surface area contributed by atoms with Gasteiger partial charge in [-0.05, 0) is 55.5 Å². The first-order valence-corrected chi connectivity index (χ1v) is 11.9. The van der Waals surface area contributed by atoms with Gasteiger partial charge >= 0.3 is 18.0 Å². The van der Waals surface area contributed by atoms with Gasteiger partial charge in [-0.1, -0.05) is 56.2 Å². The fraction of sp³-hybridized carbons (Fsp3) is 0.444. The van der Waals surface area contributed by atoms with Gasteiger partial charge in [0, 0.05) is 18.5 Å². The molecule has 0 aliphatic heterocycles. The Morgan fingerprint density at radius 3 is 2.26 bits per heavy atom. The molecule has 0 bridgehead atoms. The van der Waals surface area contributed by atoms with Gasteiger partial charge in [0.15, 0.2) is 0 Å². The predicted octanol–water partition coefficient (Wildman–Crippen LogP) is 5.71. The molecule has 0 unspecified atom stereocenters.